The van der Waals surface area contributed by atoms with E-state index >= 15 is 0 Å². The Kier molecular flexibility index (Phi) is 3.60. The fourth-order valence-electron chi connectivity index (χ4n) is 3.00. The second-order valence-electron chi connectivity index (χ2n) is 5.34. The van der Waals surface area contributed by atoms with E-state index in [1.54, 1.807) is 0 Å². The Morgan fingerprint density at radius 2 is 2.11 bits per heavy atom. The first-order valence-corrected chi connectivity index (χ1v) is 7.32. The maximum absolute atomic E-state index is 6.29. The fraction of sp³-hybridized carbons (Fsp3) is 0.500. The molecule has 0 aromatic heterocycles. The van der Waals surface area contributed by atoms with Crippen molar-refractivity contribution in [2.45, 2.75) is 43.4 Å². The molecule has 0 amide bonds. The summed E-state index contributed by atoms with van der Waals surface area (Å²) in [6.45, 7) is 0.823. The number of allylic oxidation sites excluding steroid dienone is 2. The molecule has 1 aliphatic carbocycles. The lowest BCUT2D eigenvalue weighted by Crippen LogP contribution is -2.03. The number of para-hydroxylation sites is 1. The van der Waals surface area contributed by atoms with Crippen molar-refractivity contribution in [3.05, 3.63) is 41.5 Å². The first kappa shape index (κ1) is 12.1. The Hall–Kier alpha value is -0.950. The molecule has 18 heavy (non-hydrogen) atoms. The highest BCUT2D eigenvalue weighted by Gasteiger charge is 2.25. The molecule has 1 aromatic rings. The Morgan fingerprint density at radius 1 is 1.22 bits per heavy atom. The Bertz CT molecular complexity index is 452. The van der Waals surface area contributed by atoms with Crippen LogP contribution in [-0.4, -0.2) is 12.0 Å². The third-order valence-electron chi connectivity index (χ3n) is 3.95. The summed E-state index contributed by atoms with van der Waals surface area (Å²) in [5.41, 5.74) is 2.89. The maximum atomic E-state index is 6.29. The molecule has 2 atom stereocenters. The quantitative estimate of drug-likeness (QED) is 0.556. The van der Waals surface area contributed by atoms with Gasteiger partial charge in [-0.1, -0.05) is 36.3 Å². The van der Waals surface area contributed by atoms with Crippen LogP contribution in [0.1, 0.15) is 43.6 Å². The van der Waals surface area contributed by atoms with Crippen molar-refractivity contribution in [3.63, 3.8) is 0 Å². The van der Waals surface area contributed by atoms with Gasteiger partial charge in [-0.05, 0) is 31.7 Å². The van der Waals surface area contributed by atoms with E-state index in [0.717, 1.165) is 25.2 Å². The van der Waals surface area contributed by atoms with Crippen molar-refractivity contribution in [1.29, 1.82) is 0 Å². The second-order valence-corrected chi connectivity index (χ2v) is 5.90. The predicted molar refractivity (Wildman–Crippen MR) is 75.5 cm³/mol. The summed E-state index contributed by atoms with van der Waals surface area (Å²) in [4.78, 5) is 0. The molecule has 96 valence electrons. The molecule has 3 rings (SSSR count). The number of fused-ring (bicyclic) bond motifs is 1. The lowest BCUT2D eigenvalue weighted by atomic mass is 9.92. The Morgan fingerprint density at radius 3 is 3.06 bits per heavy atom. The van der Waals surface area contributed by atoms with Gasteiger partial charge < -0.3 is 4.74 Å². The molecule has 0 fully saturated rings. The minimum absolute atomic E-state index is 0.236. The fourth-order valence-corrected chi connectivity index (χ4v) is 3.33. The number of ether oxygens (including phenoxy) is 1. The first-order valence-electron chi connectivity index (χ1n) is 6.88. The van der Waals surface area contributed by atoms with Crippen molar-refractivity contribution in [1.82, 2.24) is 0 Å². The summed E-state index contributed by atoms with van der Waals surface area (Å²) < 4.78 is 5.75. The minimum atomic E-state index is 0.236. The highest BCUT2D eigenvalue weighted by atomic mass is 35.5. The summed E-state index contributed by atoms with van der Waals surface area (Å²) >= 11 is 6.29. The zero-order valence-corrected chi connectivity index (χ0v) is 11.3. The molecule has 1 aromatic carbocycles. The predicted octanol–water partition coefficient (Wildman–Crippen LogP) is 4.66. The van der Waals surface area contributed by atoms with Crippen LogP contribution in [0.2, 0.25) is 0 Å². The monoisotopic (exact) mass is 262 g/mol. The molecule has 0 N–H and O–H groups in total. The summed E-state index contributed by atoms with van der Waals surface area (Å²) in [6, 6.07) is 8.41. The average molecular weight is 263 g/mol. The number of hydrogen-bond acceptors (Lipinski definition) is 1. The molecule has 0 bridgehead atoms. The van der Waals surface area contributed by atoms with Gasteiger partial charge in [0.1, 0.15) is 5.75 Å². The highest BCUT2D eigenvalue weighted by molar-refractivity contribution is 6.21. The first-order chi connectivity index (χ1) is 8.83. The molecular formula is C16H19ClO. The van der Waals surface area contributed by atoms with Gasteiger partial charge in [-0.2, -0.15) is 0 Å². The Labute approximate surface area is 114 Å². The molecule has 0 saturated heterocycles. The normalized spacial score (nSPS) is 27.1. The van der Waals surface area contributed by atoms with Crippen molar-refractivity contribution < 1.29 is 4.74 Å². The number of benzene rings is 1. The SMILES string of the molecule is ClC1C=C(CC2COc3ccccc32)CCCC1. The van der Waals surface area contributed by atoms with Crippen LogP contribution >= 0.6 is 11.6 Å². The lowest BCUT2D eigenvalue weighted by molar-refractivity contribution is 0.329. The van der Waals surface area contributed by atoms with Crippen LogP contribution in [0, 0.1) is 0 Å². The molecule has 2 heteroatoms. The summed E-state index contributed by atoms with van der Waals surface area (Å²) in [7, 11) is 0. The van der Waals surface area contributed by atoms with Crippen molar-refractivity contribution in [3.8, 4) is 5.75 Å². The molecule has 1 aliphatic heterocycles. The lowest BCUT2D eigenvalue weighted by Gasteiger charge is -2.12. The van der Waals surface area contributed by atoms with Gasteiger partial charge in [0, 0.05) is 11.5 Å². The van der Waals surface area contributed by atoms with Crippen LogP contribution < -0.4 is 4.74 Å². The number of alkyl halides is 1. The smallest absolute Gasteiger partial charge is 0.122 e. The van der Waals surface area contributed by atoms with Gasteiger partial charge in [0.25, 0.3) is 0 Å². The second kappa shape index (κ2) is 5.36. The third kappa shape index (κ3) is 2.56. The van der Waals surface area contributed by atoms with E-state index in [2.05, 4.69) is 24.3 Å². The standard InChI is InChI=1S/C16H19ClO/c17-14-6-2-1-5-12(10-14)9-13-11-18-16-8-4-3-7-15(13)16/h3-4,7-8,10,13-14H,1-2,5-6,9,11H2. The largest absolute Gasteiger partial charge is 0.493 e. The van der Waals surface area contributed by atoms with Crippen LogP contribution in [0.3, 0.4) is 0 Å². The van der Waals surface area contributed by atoms with Gasteiger partial charge in [0.05, 0.1) is 12.0 Å². The topological polar surface area (TPSA) is 9.23 Å². The van der Waals surface area contributed by atoms with Crippen molar-refractivity contribution in [2.24, 2.45) is 0 Å². The van der Waals surface area contributed by atoms with Gasteiger partial charge in [0.2, 0.25) is 0 Å². The van der Waals surface area contributed by atoms with E-state index < -0.39 is 0 Å². The van der Waals surface area contributed by atoms with Crippen LogP contribution in [0.4, 0.5) is 0 Å². The summed E-state index contributed by atoms with van der Waals surface area (Å²) in [6.07, 6.45) is 8.27. The van der Waals surface area contributed by atoms with E-state index in [9.17, 15) is 0 Å². The van der Waals surface area contributed by atoms with Crippen molar-refractivity contribution in [2.75, 3.05) is 6.61 Å². The number of hydrogen-bond donors (Lipinski definition) is 0. The van der Waals surface area contributed by atoms with E-state index in [1.807, 2.05) is 6.07 Å². The van der Waals surface area contributed by atoms with Crippen LogP contribution in [-0.2, 0) is 0 Å². The van der Waals surface area contributed by atoms with E-state index in [1.165, 1.54) is 30.4 Å². The highest BCUT2D eigenvalue weighted by Crippen LogP contribution is 2.38. The van der Waals surface area contributed by atoms with Crippen molar-refractivity contribution >= 4 is 11.6 Å². The van der Waals surface area contributed by atoms with Gasteiger partial charge in [-0.15, -0.1) is 11.6 Å². The molecule has 2 unspecified atom stereocenters. The molecule has 0 saturated carbocycles. The van der Waals surface area contributed by atoms with E-state index in [-0.39, 0.29) is 5.38 Å². The number of halogens is 1. The average Bonchev–Trinajstić information content (AvgIpc) is 2.66. The van der Waals surface area contributed by atoms with E-state index in [4.69, 9.17) is 16.3 Å². The maximum Gasteiger partial charge on any atom is 0.122 e. The molecule has 1 nitrogen and oxygen atoms in total. The summed E-state index contributed by atoms with van der Waals surface area (Å²) in [5.74, 6) is 1.59. The van der Waals surface area contributed by atoms with Crippen LogP contribution in [0.25, 0.3) is 0 Å². The van der Waals surface area contributed by atoms with Gasteiger partial charge in [0.15, 0.2) is 0 Å². The molecule has 0 spiro atoms. The minimum Gasteiger partial charge on any atom is -0.493 e. The zero-order chi connectivity index (χ0) is 12.4. The van der Waals surface area contributed by atoms with Gasteiger partial charge >= 0.3 is 0 Å². The third-order valence-corrected chi connectivity index (χ3v) is 4.30. The zero-order valence-electron chi connectivity index (χ0n) is 10.6. The molecular weight excluding hydrogens is 244 g/mol. The number of rotatable bonds is 2. The molecule has 1 heterocycles. The Balaban J connectivity index is 1.74. The van der Waals surface area contributed by atoms with Crippen LogP contribution in [0.5, 0.6) is 5.75 Å². The van der Waals surface area contributed by atoms with E-state index in [0.29, 0.717) is 5.92 Å². The van der Waals surface area contributed by atoms with Crippen LogP contribution in [0.15, 0.2) is 35.9 Å². The summed E-state index contributed by atoms with van der Waals surface area (Å²) in [5, 5.41) is 0.236. The molecule has 0 radical (unpaired) electrons. The van der Waals surface area contributed by atoms with Gasteiger partial charge in [-0.25, -0.2) is 0 Å². The molecule has 2 aliphatic rings. The van der Waals surface area contributed by atoms with Gasteiger partial charge in [-0.3, -0.25) is 0 Å².